The minimum atomic E-state index is -1.50. The van der Waals surface area contributed by atoms with E-state index in [0.29, 0.717) is 5.56 Å². The van der Waals surface area contributed by atoms with E-state index in [-0.39, 0.29) is 6.61 Å². The van der Waals surface area contributed by atoms with E-state index >= 15 is 0 Å². The third-order valence-electron chi connectivity index (χ3n) is 3.42. The van der Waals surface area contributed by atoms with Gasteiger partial charge in [0.2, 0.25) is 0 Å². The van der Waals surface area contributed by atoms with Crippen molar-refractivity contribution in [1.29, 1.82) is 0 Å². The number of methoxy groups -OCH3 is 1. The van der Waals surface area contributed by atoms with Gasteiger partial charge in [-0.25, -0.2) is 14.5 Å². The Morgan fingerprint density at radius 1 is 1.43 bits per heavy atom. The van der Waals surface area contributed by atoms with Crippen LogP contribution in [0.1, 0.15) is 22.8 Å². The van der Waals surface area contributed by atoms with Gasteiger partial charge in [-0.05, 0) is 37.6 Å². The number of nitrogens with one attached hydrogen (secondary N) is 1. The van der Waals surface area contributed by atoms with Crippen LogP contribution in [0.25, 0.3) is 5.69 Å². The summed E-state index contributed by atoms with van der Waals surface area (Å²) >= 11 is 0. The summed E-state index contributed by atoms with van der Waals surface area (Å²) < 4.78 is 6.47. The summed E-state index contributed by atoms with van der Waals surface area (Å²) in [5.74, 6) is -1.65. The van der Waals surface area contributed by atoms with Crippen molar-refractivity contribution < 1.29 is 19.4 Å². The number of carbonyl (C=O) groups excluding carboxylic acids is 1. The molecule has 122 valence electrons. The zero-order valence-corrected chi connectivity index (χ0v) is 13.1. The van der Waals surface area contributed by atoms with E-state index < -0.39 is 17.4 Å². The number of amides is 1. The molecular formula is C15H18N4O4. The minimum Gasteiger partial charge on any atom is -0.479 e. The SMILES string of the molecule is COCC(C)(NC(=O)c1ccc(-n2cncn2)c(C)c1)C(=O)O. The van der Waals surface area contributed by atoms with Gasteiger partial charge in [0.05, 0.1) is 12.3 Å². The Balaban J connectivity index is 2.23. The Bertz CT molecular complexity index is 714. The molecule has 0 radical (unpaired) electrons. The van der Waals surface area contributed by atoms with Crippen molar-refractivity contribution in [3.8, 4) is 5.69 Å². The Morgan fingerprint density at radius 2 is 2.17 bits per heavy atom. The zero-order chi connectivity index (χ0) is 17.0. The molecule has 0 saturated carbocycles. The summed E-state index contributed by atoms with van der Waals surface area (Å²) in [5, 5.41) is 15.8. The largest absolute Gasteiger partial charge is 0.479 e. The molecule has 1 amide bonds. The number of ether oxygens (including phenoxy) is 1. The predicted molar refractivity (Wildman–Crippen MR) is 81.5 cm³/mol. The topological polar surface area (TPSA) is 106 Å². The van der Waals surface area contributed by atoms with Crippen LogP contribution in [0.2, 0.25) is 0 Å². The number of aromatic nitrogens is 3. The molecule has 0 saturated heterocycles. The molecule has 0 spiro atoms. The fourth-order valence-corrected chi connectivity index (χ4v) is 2.15. The van der Waals surface area contributed by atoms with Crippen LogP contribution in [0.4, 0.5) is 0 Å². The number of benzene rings is 1. The Morgan fingerprint density at radius 3 is 2.70 bits per heavy atom. The van der Waals surface area contributed by atoms with Gasteiger partial charge in [-0.1, -0.05) is 0 Å². The molecule has 0 aliphatic carbocycles. The predicted octanol–water partition coefficient (Wildman–Crippen LogP) is 0.795. The quantitative estimate of drug-likeness (QED) is 0.816. The van der Waals surface area contributed by atoms with E-state index in [2.05, 4.69) is 15.4 Å². The molecule has 8 nitrogen and oxygen atoms in total. The lowest BCUT2D eigenvalue weighted by atomic mass is 10.0. The average molecular weight is 318 g/mol. The summed E-state index contributed by atoms with van der Waals surface area (Å²) in [6, 6.07) is 5.00. The molecule has 0 bridgehead atoms. The maximum absolute atomic E-state index is 12.3. The highest BCUT2D eigenvalue weighted by Crippen LogP contribution is 2.16. The normalized spacial score (nSPS) is 13.3. The first-order chi connectivity index (χ1) is 10.9. The van der Waals surface area contributed by atoms with E-state index in [1.54, 1.807) is 29.2 Å². The summed E-state index contributed by atoms with van der Waals surface area (Å²) in [6.45, 7) is 3.09. The number of carbonyl (C=O) groups is 2. The van der Waals surface area contributed by atoms with Gasteiger partial charge in [0.1, 0.15) is 12.7 Å². The van der Waals surface area contributed by atoms with Crippen LogP contribution in [0.3, 0.4) is 0 Å². The van der Waals surface area contributed by atoms with Crippen LogP contribution in [0.15, 0.2) is 30.9 Å². The van der Waals surface area contributed by atoms with Gasteiger partial charge in [-0.15, -0.1) is 0 Å². The third-order valence-corrected chi connectivity index (χ3v) is 3.42. The van der Waals surface area contributed by atoms with Crippen LogP contribution in [-0.2, 0) is 9.53 Å². The minimum absolute atomic E-state index is 0.135. The molecule has 0 fully saturated rings. The summed E-state index contributed by atoms with van der Waals surface area (Å²) in [4.78, 5) is 27.5. The van der Waals surface area contributed by atoms with E-state index in [9.17, 15) is 14.7 Å². The molecule has 1 heterocycles. The lowest BCUT2D eigenvalue weighted by molar-refractivity contribution is -0.145. The molecule has 23 heavy (non-hydrogen) atoms. The van der Waals surface area contributed by atoms with Crippen LogP contribution in [0, 0.1) is 6.92 Å². The van der Waals surface area contributed by atoms with Crippen molar-refractivity contribution in [2.75, 3.05) is 13.7 Å². The Labute approximate surface area is 133 Å². The van der Waals surface area contributed by atoms with Crippen molar-refractivity contribution in [2.24, 2.45) is 0 Å². The second-order valence-electron chi connectivity index (χ2n) is 5.37. The first kappa shape index (κ1) is 16.6. The van der Waals surface area contributed by atoms with Crippen LogP contribution in [0.5, 0.6) is 0 Å². The number of nitrogens with zero attached hydrogens (tertiary/aromatic N) is 3. The molecule has 2 N–H and O–H groups in total. The van der Waals surface area contributed by atoms with E-state index in [1.807, 2.05) is 6.92 Å². The van der Waals surface area contributed by atoms with Gasteiger partial charge in [-0.2, -0.15) is 5.10 Å². The van der Waals surface area contributed by atoms with Gasteiger partial charge in [-0.3, -0.25) is 4.79 Å². The molecule has 0 aliphatic rings. The van der Waals surface area contributed by atoms with Crippen molar-refractivity contribution in [2.45, 2.75) is 19.4 Å². The van der Waals surface area contributed by atoms with Crippen molar-refractivity contribution in [3.05, 3.63) is 42.0 Å². The Hall–Kier alpha value is -2.74. The summed E-state index contributed by atoms with van der Waals surface area (Å²) in [6.07, 6.45) is 2.98. The number of rotatable bonds is 6. The highest BCUT2D eigenvalue weighted by atomic mass is 16.5. The Kier molecular flexibility index (Phi) is 4.75. The molecule has 0 aliphatic heterocycles. The fraction of sp³-hybridized carbons (Fsp3) is 0.333. The van der Waals surface area contributed by atoms with Crippen molar-refractivity contribution in [1.82, 2.24) is 20.1 Å². The van der Waals surface area contributed by atoms with E-state index in [4.69, 9.17) is 4.74 Å². The number of carboxylic acid groups (broad SMARTS) is 1. The average Bonchev–Trinajstić information content (AvgIpc) is 3.01. The summed E-state index contributed by atoms with van der Waals surface area (Å²) in [5.41, 5.74) is 0.462. The van der Waals surface area contributed by atoms with Crippen LogP contribution >= 0.6 is 0 Å². The van der Waals surface area contributed by atoms with Gasteiger partial charge in [0.15, 0.2) is 5.54 Å². The van der Waals surface area contributed by atoms with Crippen LogP contribution < -0.4 is 5.32 Å². The van der Waals surface area contributed by atoms with Crippen molar-refractivity contribution >= 4 is 11.9 Å². The first-order valence-electron chi connectivity index (χ1n) is 6.88. The maximum atomic E-state index is 12.3. The molecule has 1 atom stereocenters. The molecule has 1 unspecified atom stereocenters. The smallest absolute Gasteiger partial charge is 0.331 e. The van der Waals surface area contributed by atoms with E-state index in [0.717, 1.165) is 11.3 Å². The second-order valence-corrected chi connectivity index (χ2v) is 5.37. The lowest BCUT2D eigenvalue weighted by Crippen LogP contribution is -2.55. The monoisotopic (exact) mass is 318 g/mol. The highest BCUT2D eigenvalue weighted by molar-refractivity contribution is 5.98. The molecule has 8 heteroatoms. The standard InChI is InChI=1S/C15H18N4O4/c1-10-6-11(4-5-12(10)19-9-16-8-17-19)13(20)18-15(2,7-23-3)14(21)22/h4-6,8-9H,7H2,1-3H3,(H,18,20)(H,21,22). The third kappa shape index (κ3) is 3.54. The zero-order valence-electron chi connectivity index (χ0n) is 13.1. The van der Waals surface area contributed by atoms with Gasteiger partial charge in [0, 0.05) is 12.7 Å². The summed E-state index contributed by atoms with van der Waals surface area (Å²) in [7, 11) is 1.38. The lowest BCUT2D eigenvalue weighted by Gasteiger charge is -2.25. The fourth-order valence-electron chi connectivity index (χ4n) is 2.15. The molecule has 2 aromatic rings. The number of hydrogen-bond acceptors (Lipinski definition) is 5. The van der Waals surface area contributed by atoms with Gasteiger partial charge in [0.25, 0.3) is 5.91 Å². The number of hydrogen-bond donors (Lipinski definition) is 2. The molecule has 1 aromatic heterocycles. The number of carboxylic acids is 1. The highest BCUT2D eigenvalue weighted by Gasteiger charge is 2.35. The van der Waals surface area contributed by atoms with E-state index in [1.165, 1.54) is 20.4 Å². The van der Waals surface area contributed by atoms with Gasteiger partial charge >= 0.3 is 5.97 Å². The number of aryl methyl sites for hydroxylation is 1. The molecule has 1 aromatic carbocycles. The van der Waals surface area contributed by atoms with Gasteiger partial charge < -0.3 is 15.2 Å². The van der Waals surface area contributed by atoms with Crippen molar-refractivity contribution in [3.63, 3.8) is 0 Å². The second kappa shape index (κ2) is 6.57. The maximum Gasteiger partial charge on any atom is 0.331 e. The van der Waals surface area contributed by atoms with Crippen LogP contribution in [-0.4, -0.2) is 51.0 Å². The molecule has 2 rings (SSSR count). The first-order valence-corrected chi connectivity index (χ1v) is 6.88. The number of aliphatic carboxylic acids is 1. The molecular weight excluding hydrogens is 300 g/mol.